The third kappa shape index (κ3) is 1.72. The molecule has 0 fully saturated rings. The van der Waals surface area contributed by atoms with E-state index in [4.69, 9.17) is 4.55 Å². The van der Waals surface area contributed by atoms with Crippen molar-refractivity contribution in [1.82, 2.24) is 10.3 Å². The summed E-state index contributed by atoms with van der Waals surface area (Å²) < 4.78 is 31.5. The zero-order valence-corrected chi connectivity index (χ0v) is 9.74. The Balaban J connectivity index is 3.29. The molecule has 1 heterocycles. The highest BCUT2D eigenvalue weighted by atomic mass is 32.2. The molecule has 1 unspecified atom stereocenters. The normalized spacial score (nSPS) is 17.3. The quantitative estimate of drug-likeness (QED) is 0.434. The van der Waals surface area contributed by atoms with Gasteiger partial charge in [0.05, 0.1) is 6.92 Å². The number of hydrogen-bond acceptors (Lipinski definition) is 3. The molecule has 0 aliphatic heterocycles. The lowest BCUT2D eigenvalue weighted by Crippen LogP contribution is -2.67. The van der Waals surface area contributed by atoms with Gasteiger partial charge in [0.15, 0.2) is 11.7 Å². The summed E-state index contributed by atoms with van der Waals surface area (Å²) in [4.78, 5) is 0. The fourth-order valence-electron chi connectivity index (χ4n) is 1.11. The Labute approximate surface area is 89.0 Å². The number of aromatic amines is 1. The van der Waals surface area contributed by atoms with Crippen LogP contribution in [0.1, 0.15) is 20.8 Å². The van der Waals surface area contributed by atoms with Gasteiger partial charge in [-0.25, -0.2) is 0 Å². The van der Waals surface area contributed by atoms with Crippen LogP contribution in [0.3, 0.4) is 0 Å². The molecule has 0 saturated heterocycles. The summed E-state index contributed by atoms with van der Waals surface area (Å²) in [5, 5.41) is 6.32. The van der Waals surface area contributed by atoms with Gasteiger partial charge < -0.3 is 0 Å². The Hall–Kier alpha value is -1.08. The molecular formula is C8H15N3O3S+2. The fraction of sp³-hybridized carbons (Fsp3) is 0.625. The molecule has 6 nitrogen and oxygen atoms in total. The molecule has 0 amide bonds. The van der Waals surface area contributed by atoms with E-state index < -0.39 is 20.4 Å². The van der Waals surface area contributed by atoms with Crippen LogP contribution in [0.25, 0.3) is 0 Å². The van der Waals surface area contributed by atoms with Crippen LogP contribution < -0.4 is 4.68 Å². The summed E-state index contributed by atoms with van der Waals surface area (Å²) in [6, 6.07) is 0. The zero-order valence-electron chi connectivity index (χ0n) is 8.93. The number of H-pyrrole nitrogens is 1. The highest BCUT2D eigenvalue weighted by Gasteiger charge is 2.58. The van der Waals surface area contributed by atoms with Gasteiger partial charge in [-0.2, -0.15) is 13.1 Å². The standard InChI is InChI=1S/C8H13N3O3S/c1-7(2,11-6-5-9-10-11)8(3,4)15(12,13)14/h5-6H,3H2,1-2,4H3/p+2. The first-order chi connectivity index (χ1) is 6.61. The van der Waals surface area contributed by atoms with Crippen LogP contribution in [0.5, 0.6) is 0 Å². The summed E-state index contributed by atoms with van der Waals surface area (Å²) in [7, 11) is -4.27. The predicted molar refractivity (Wildman–Crippen MR) is 53.4 cm³/mol. The van der Waals surface area contributed by atoms with Gasteiger partial charge in [0.25, 0.3) is 4.75 Å². The summed E-state index contributed by atoms with van der Waals surface area (Å²) in [6.07, 6.45) is 3.07. The SMILES string of the molecule is [CH2+]C(C)(C(C)(C)[n+]1ccn[nH]1)S(=O)(=O)O. The maximum absolute atomic E-state index is 11.2. The fourth-order valence-corrected chi connectivity index (χ4v) is 1.84. The van der Waals surface area contributed by atoms with Gasteiger partial charge in [-0.1, -0.05) is 5.21 Å². The van der Waals surface area contributed by atoms with Crippen molar-refractivity contribution in [1.29, 1.82) is 0 Å². The molecule has 0 saturated carbocycles. The third-order valence-electron chi connectivity index (χ3n) is 2.92. The van der Waals surface area contributed by atoms with Gasteiger partial charge in [0.2, 0.25) is 6.20 Å². The van der Waals surface area contributed by atoms with E-state index in [1.54, 1.807) is 20.0 Å². The van der Waals surface area contributed by atoms with Crippen LogP contribution in [0.15, 0.2) is 12.4 Å². The molecule has 2 N–H and O–H groups in total. The molecule has 1 aromatic heterocycles. The Morgan fingerprint density at radius 2 is 2.00 bits per heavy atom. The minimum Gasteiger partial charge on any atom is -0.282 e. The van der Waals surface area contributed by atoms with Gasteiger partial charge in [0, 0.05) is 12.0 Å². The monoisotopic (exact) mass is 233 g/mol. The van der Waals surface area contributed by atoms with Crippen LogP contribution in [0.4, 0.5) is 0 Å². The van der Waals surface area contributed by atoms with E-state index in [0.29, 0.717) is 0 Å². The minimum atomic E-state index is -4.27. The van der Waals surface area contributed by atoms with Crippen LogP contribution in [0.2, 0.25) is 0 Å². The molecule has 0 bridgehead atoms. The van der Waals surface area contributed by atoms with E-state index in [9.17, 15) is 8.42 Å². The third-order valence-corrected chi connectivity index (χ3v) is 4.56. The van der Waals surface area contributed by atoms with Crippen LogP contribution in [-0.4, -0.2) is 28.0 Å². The predicted octanol–water partition coefficient (Wildman–Crippen LogP) is -0.0871. The molecule has 15 heavy (non-hydrogen) atoms. The molecule has 0 aliphatic rings. The first kappa shape index (κ1) is 12.0. The lowest BCUT2D eigenvalue weighted by atomic mass is 9.90. The lowest BCUT2D eigenvalue weighted by Gasteiger charge is -2.28. The molecular weight excluding hydrogens is 218 g/mol. The Kier molecular flexibility index (Phi) is 2.56. The Morgan fingerprint density at radius 3 is 2.33 bits per heavy atom. The molecule has 1 atom stereocenters. The number of aromatic nitrogens is 3. The summed E-state index contributed by atoms with van der Waals surface area (Å²) in [5.74, 6) is 0. The summed E-state index contributed by atoms with van der Waals surface area (Å²) in [5.41, 5.74) is -0.947. The van der Waals surface area contributed by atoms with Gasteiger partial charge >= 0.3 is 10.1 Å². The van der Waals surface area contributed by atoms with Crippen molar-refractivity contribution in [3.63, 3.8) is 0 Å². The molecule has 1 rings (SSSR count). The van der Waals surface area contributed by atoms with Gasteiger partial charge in [-0.15, -0.1) is 0 Å². The number of rotatable bonds is 3. The van der Waals surface area contributed by atoms with Gasteiger partial charge in [0.1, 0.15) is 0 Å². The summed E-state index contributed by atoms with van der Waals surface area (Å²) in [6.45, 7) is 8.21. The first-order valence-electron chi connectivity index (χ1n) is 4.34. The van der Waals surface area contributed by atoms with Crippen molar-refractivity contribution in [3.05, 3.63) is 19.3 Å². The molecule has 0 aromatic carbocycles. The second-order valence-corrected chi connectivity index (χ2v) is 6.01. The van der Waals surface area contributed by atoms with Gasteiger partial charge in [-0.05, 0) is 13.8 Å². The summed E-state index contributed by atoms with van der Waals surface area (Å²) >= 11 is 0. The molecule has 84 valence electrons. The lowest BCUT2D eigenvalue weighted by molar-refractivity contribution is -0.811. The van der Waals surface area contributed by atoms with Crippen molar-refractivity contribution in [2.24, 2.45) is 0 Å². The molecule has 0 radical (unpaired) electrons. The maximum atomic E-state index is 11.2. The van der Waals surface area contributed by atoms with Crippen molar-refractivity contribution >= 4 is 10.1 Å². The average Bonchev–Trinajstić information content (AvgIpc) is 2.53. The minimum absolute atomic E-state index is 0.947. The van der Waals surface area contributed by atoms with E-state index in [1.165, 1.54) is 17.8 Å². The smallest absolute Gasteiger partial charge is 0.282 e. The van der Waals surface area contributed by atoms with Crippen molar-refractivity contribution in [2.45, 2.75) is 31.1 Å². The van der Waals surface area contributed by atoms with Crippen molar-refractivity contribution < 1.29 is 17.7 Å². The van der Waals surface area contributed by atoms with E-state index in [2.05, 4.69) is 17.2 Å². The van der Waals surface area contributed by atoms with Crippen molar-refractivity contribution in [3.8, 4) is 0 Å². The highest BCUT2D eigenvalue weighted by molar-refractivity contribution is 7.87. The number of nitrogens with one attached hydrogen (secondary N) is 1. The Morgan fingerprint density at radius 1 is 1.47 bits per heavy atom. The van der Waals surface area contributed by atoms with E-state index in [0.717, 1.165) is 0 Å². The molecule has 7 heteroatoms. The second kappa shape index (κ2) is 3.21. The molecule has 1 aromatic rings. The number of hydrogen-bond donors (Lipinski definition) is 2. The number of nitrogens with zero attached hydrogens (tertiary/aromatic N) is 2. The molecule has 0 aliphatic carbocycles. The van der Waals surface area contributed by atoms with E-state index >= 15 is 0 Å². The largest absolute Gasteiger partial charge is 0.317 e. The topological polar surface area (TPSA) is 86.9 Å². The zero-order chi connectivity index (χ0) is 11.9. The van der Waals surface area contributed by atoms with E-state index in [1.807, 2.05) is 0 Å². The second-order valence-electron chi connectivity index (χ2n) is 4.16. The molecule has 0 spiro atoms. The van der Waals surface area contributed by atoms with Crippen LogP contribution in [-0.2, 0) is 15.7 Å². The average molecular weight is 233 g/mol. The Bertz CT molecular complexity index is 434. The van der Waals surface area contributed by atoms with Crippen LogP contribution in [0, 0.1) is 6.92 Å². The van der Waals surface area contributed by atoms with E-state index in [-0.39, 0.29) is 0 Å². The van der Waals surface area contributed by atoms with Crippen LogP contribution >= 0.6 is 0 Å². The van der Waals surface area contributed by atoms with Crippen molar-refractivity contribution in [2.75, 3.05) is 0 Å². The first-order valence-corrected chi connectivity index (χ1v) is 5.78. The maximum Gasteiger partial charge on any atom is 0.317 e. The van der Waals surface area contributed by atoms with Gasteiger partial charge in [-0.3, -0.25) is 4.55 Å². The highest BCUT2D eigenvalue weighted by Crippen LogP contribution is 2.30.